The van der Waals surface area contributed by atoms with Crippen molar-refractivity contribution in [3.63, 3.8) is 0 Å². The summed E-state index contributed by atoms with van der Waals surface area (Å²) in [4.78, 5) is 4.88. The monoisotopic (exact) mass is 1140 g/mol. The molecule has 1 aliphatic rings. The Bertz CT molecular complexity index is 4760. The third-order valence-corrected chi connectivity index (χ3v) is 22.4. The number of hydrogen-bond acceptors (Lipinski definition) is 6. The Morgan fingerprint density at radius 3 is 1.07 bits per heavy atom. The van der Waals surface area contributed by atoms with Gasteiger partial charge >= 0.3 is 0 Å². The van der Waals surface area contributed by atoms with Crippen molar-refractivity contribution < 1.29 is 17.7 Å². The van der Waals surface area contributed by atoms with Gasteiger partial charge in [0.05, 0.1) is 38.3 Å². The zero-order chi connectivity index (χ0) is 59.0. The molecule has 0 atom stereocenters. The molecule has 0 N–H and O–H groups in total. The number of rotatable bonds is 8. The zero-order valence-electron chi connectivity index (χ0n) is 51.3. The predicted molar refractivity (Wildman–Crippen MR) is 366 cm³/mol. The van der Waals surface area contributed by atoms with Crippen LogP contribution < -0.4 is 20.2 Å². The van der Waals surface area contributed by atoms with Crippen LogP contribution in [0.15, 0.2) is 200 Å². The minimum Gasteiger partial charge on any atom is -0.456 e. The molecule has 8 heteroatoms. The van der Waals surface area contributed by atoms with Crippen molar-refractivity contribution in [1.82, 2.24) is 0 Å². The number of hydrogen-bond donors (Lipinski definition) is 0. The highest BCUT2D eigenvalue weighted by Crippen LogP contribution is 2.61. The molecule has 10 aromatic carbocycles. The van der Waals surface area contributed by atoms with E-state index in [1.54, 1.807) is 0 Å². The average molecular weight is 1150 g/mol. The number of benzene rings is 10. The maximum absolute atomic E-state index is 7.40. The van der Waals surface area contributed by atoms with Crippen molar-refractivity contribution in [3.05, 3.63) is 204 Å². The molecule has 0 saturated carbocycles. The number of fused-ring (bicyclic) bond motifs is 17. The van der Waals surface area contributed by atoms with Gasteiger partial charge in [-0.15, -0.1) is 0 Å². The van der Waals surface area contributed by atoms with Crippen LogP contribution in [-0.4, -0.2) is 16.1 Å². The highest BCUT2D eigenvalue weighted by atomic mass is 28.3. The number of nitrogens with zero attached hydrogens (tertiary/aromatic N) is 2. The maximum Gasteiger partial charge on any atom is 0.145 e. The summed E-state index contributed by atoms with van der Waals surface area (Å²) in [6, 6.07) is 67.2. The van der Waals surface area contributed by atoms with Gasteiger partial charge < -0.3 is 27.5 Å². The second kappa shape index (κ2) is 18.2. The molecule has 422 valence electrons. The predicted octanol–water partition coefficient (Wildman–Crippen LogP) is 22.2. The van der Waals surface area contributed by atoms with Gasteiger partial charge in [0.2, 0.25) is 0 Å². The second-order valence-electron chi connectivity index (χ2n) is 28.6. The van der Waals surface area contributed by atoms with Crippen molar-refractivity contribution in [2.45, 2.75) is 111 Å². The molecular weight excluding hydrogens is 1070 g/mol. The molecule has 0 amide bonds. The Balaban J connectivity index is 1.01. The van der Waals surface area contributed by atoms with Gasteiger partial charge in [-0.25, -0.2) is 0 Å². The van der Waals surface area contributed by atoms with Crippen LogP contribution in [0.1, 0.15) is 77.6 Å². The van der Waals surface area contributed by atoms with Crippen molar-refractivity contribution in [1.29, 1.82) is 0 Å². The first kappa shape index (κ1) is 53.2. The summed E-state index contributed by atoms with van der Waals surface area (Å²) in [5.41, 5.74) is 19.5. The van der Waals surface area contributed by atoms with E-state index in [1.165, 1.54) is 21.5 Å². The summed E-state index contributed by atoms with van der Waals surface area (Å²) in [6.45, 7) is 32.8. The maximum atomic E-state index is 7.40. The molecule has 85 heavy (non-hydrogen) atoms. The molecule has 4 heterocycles. The number of para-hydroxylation sites is 4. The van der Waals surface area contributed by atoms with Crippen LogP contribution in [0.25, 0.3) is 98.9 Å². The van der Waals surface area contributed by atoms with E-state index in [0.29, 0.717) is 0 Å². The van der Waals surface area contributed by atoms with Crippen LogP contribution in [-0.2, 0) is 16.2 Å². The molecule has 0 saturated heterocycles. The summed E-state index contributed by atoms with van der Waals surface area (Å²) in [5.74, 6) is 0. The lowest BCUT2D eigenvalue weighted by molar-refractivity contribution is 0.590. The molecule has 6 nitrogen and oxygen atoms in total. The third kappa shape index (κ3) is 8.15. The summed E-state index contributed by atoms with van der Waals surface area (Å²) in [5, 5.41) is 11.4. The molecule has 0 spiro atoms. The van der Waals surface area contributed by atoms with E-state index in [2.05, 4.69) is 286 Å². The molecule has 15 rings (SSSR count). The minimum absolute atomic E-state index is 0.0358. The van der Waals surface area contributed by atoms with Crippen LogP contribution in [0.5, 0.6) is 0 Å². The fourth-order valence-corrected chi connectivity index (χ4v) is 16.8. The van der Waals surface area contributed by atoms with Crippen LogP contribution in [0.2, 0.25) is 39.3 Å². The van der Waals surface area contributed by atoms with E-state index in [9.17, 15) is 0 Å². The molecular formula is C77H72N2O4Si2. The normalized spacial score (nSPS) is 13.9. The van der Waals surface area contributed by atoms with Crippen molar-refractivity contribution in [2.75, 3.05) is 9.80 Å². The topological polar surface area (TPSA) is 59.0 Å². The molecule has 0 unspecified atom stereocenters. The molecule has 0 fully saturated rings. The Morgan fingerprint density at radius 1 is 0.341 bits per heavy atom. The Kier molecular flexibility index (Phi) is 11.4. The van der Waals surface area contributed by atoms with Gasteiger partial charge in [0, 0.05) is 83.7 Å². The van der Waals surface area contributed by atoms with Crippen molar-refractivity contribution >= 4 is 148 Å². The quantitative estimate of drug-likeness (QED) is 0.141. The van der Waals surface area contributed by atoms with Crippen LogP contribution in [0.4, 0.5) is 34.1 Å². The summed E-state index contributed by atoms with van der Waals surface area (Å²) >= 11 is 0. The number of anilines is 6. The Hall–Kier alpha value is -8.57. The highest BCUT2D eigenvalue weighted by Gasteiger charge is 2.43. The third-order valence-electron chi connectivity index (χ3n) is 18.4. The van der Waals surface area contributed by atoms with Gasteiger partial charge in [-0.2, -0.15) is 0 Å². The van der Waals surface area contributed by atoms with E-state index >= 15 is 0 Å². The van der Waals surface area contributed by atoms with E-state index in [1.807, 2.05) is 0 Å². The largest absolute Gasteiger partial charge is 0.456 e. The molecule has 0 radical (unpaired) electrons. The van der Waals surface area contributed by atoms with Gasteiger partial charge in [-0.1, -0.05) is 192 Å². The highest BCUT2D eigenvalue weighted by molar-refractivity contribution is 6.90. The van der Waals surface area contributed by atoms with E-state index in [0.717, 1.165) is 144 Å². The lowest BCUT2D eigenvalue weighted by Crippen LogP contribution is -2.37. The van der Waals surface area contributed by atoms with Crippen molar-refractivity contribution in [2.24, 2.45) is 0 Å². The molecule has 0 aliphatic heterocycles. The van der Waals surface area contributed by atoms with Gasteiger partial charge in [-0.3, -0.25) is 0 Å². The van der Waals surface area contributed by atoms with Crippen molar-refractivity contribution in [3.8, 4) is 11.1 Å². The first-order valence-corrected chi connectivity index (χ1v) is 37.1. The Labute approximate surface area is 499 Å². The van der Waals surface area contributed by atoms with Crippen LogP contribution in [0, 0.1) is 0 Å². The molecule has 14 aromatic rings. The fourth-order valence-electron chi connectivity index (χ4n) is 13.8. The lowest BCUT2D eigenvalue weighted by atomic mass is 9.81. The first-order chi connectivity index (χ1) is 40.4. The van der Waals surface area contributed by atoms with Gasteiger partial charge in [-0.05, 0) is 116 Å². The SMILES string of the molecule is CC(C)(C)c1ccc(N(c2ccc3c(c2)oc2c([Si](C)(C)C)cccc23)c2cc3c(c4oc5ccccc5c24)-c2c(cc(N(c4ccc(C(C)(C)C)cc4)c4ccc5c(c4)oc4c([Si](C)(C)C)cccc45)c4c2oc2ccccc24)C3(C)C)cc1. The molecule has 0 bridgehead atoms. The summed E-state index contributed by atoms with van der Waals surface area (Å²) in [6.07, 6.45) is 0. The van der Waals surface area contributed by atoms with Crippen LogP contribution in [0.3, 0.4) is 0 Å². The first-order valence-electron chi connectivity index (χ1n) is 30.1. The Morgan fingerprint density at radius 2 is 0.694 bits per heavy atom. The zero-order valence-corrected chi connectivity index (χ0v) is 53.3. The van der Waals surface area contributed by atoms with Crippen LogP contribution >= 0.6 is 0 Å². The molecule has 4 aromatic heterocycles. The van der Waals surface area contributed by atoms with Gasteiger partial charge in [0.1, 0.15) is 44.7 Å². The number of furan rings is 4. The fraction of sp³-hybridized carbons (Fsp3) is 0.221. The lowest BCUT2D eigenvalue weighted by Gasteiger charge is -2.30. The van der Waals surface area contributed by atoms with Gasteiger partial charge in [0.15, 0.2) is 0 Å². The van der Waals surface area contributed by atoms with E-state index in [4.69, 9.17) is 17.7 Å². The van der Waals surface area contributed by atoms with E-state index in [-0.39, 0.29) is 10.8 Å². The molecule has 1 aliphatic carbocycles. The van der Waals surface area contributed by atoms with E-state index < -0.39 is 21.6 Å². The second-order valence-corrected chi connectivity index (χ2v) is 38.6. The smallest absolute Gasteiger partial charge is 0.145 e. The standard InChI is InChI=1S/C77H72N2O4Si2/c1-75(2,3)45-29-33-47(34-30-45)78(49-37-39-51-53-23-19-27-65(84(9,10)11)71(53)82-63(51)41-49)59-43-57-69(73-67(59)55-21-15-17-25-61(55)80-73)70-58(77(57,7)8)44-60(68-56-22-16-18-26-62(56)81-74(68)70)79(48-35-31-46(32-36-48)76(4,5)6)50-38-40-52-54-24-20-28-66(85(12,13)14)72(54)83-64(52)42-50/h15-44H,1-14H3. The summed E-state index contributed by atoms with van der Waals surface area (Å²) < 4.78 is 28.9. The minimum atomic E-state index is -1.75. The van der Waals surface area contributed by atoms with Gasteiger partial charge in [0.25, 0.3) is 0 Å². The summed E-state index contributed by atoms with van der Waals surface area (Å²) in [7, 11) is -3.51. The average Bonchev–Trinajstić information content (AvgIpc) is 1.72.